The van der Waals surface area contributed by atoms with Crippen LogP contribution in [0.25, 0.3) is 0 Å². The van der Waals surface area contributed by atoms with E-state index in [2.05, 4.69) is 10.2 Å². The molecule has 0 amide bonds. The minimum Gasteiger partial charge on any atom is -0.508 e. The molecule has 4 heteroatoms. The van der Waals surface area contributed by atoms with Crippen LogP contribution in [0.4, 0.5) is 0 Å². The van der Waals surface area contributed by atoms with Crippen LogP contribution in [0, 0.1) is 6.92 Å². The molecular formula is C13H20N2O2. The van der Waals surface area contributed by atoms with Gasteiger partial charge >= 0.3 is 0 Å². The molecule has 0 spiro atoms. The molecule has 1 fully saturated rings. The summed E-state index contributed by atoms with van der Waals surface area (Å²) in [6.45, 7) is 6.37. The predicted molar refractivity (Wildman–Crippen MR) is 67.1 cm³/mol. The zero-order valence-corrected chi connectivity index (χ0v) is 10.2. The number of aromatic hydroxyl groups is 1. The Labute approximate surface area is 102 Å². The van der Waals surface area contributed by atoms with Crippen molar-refractivity contribution in [2.45, 2.75) is 13.0 Å². The van der Waals surface area contributed by atoms with Crippen molar-refractivity contribution in [3.05, 3.63) is 29.3 Å². The predicted octanol–water partition coefficient (Wildman–Crippen LogP) is 0.639. The van der Waals surface area contributed by atoms with E-state index in [-0.39, 0.29) is 5.75 Å². The van der Waals surface area contributed by atoms with Crippen LogP contribution < -0.4 is 5.32 Å². The minimum absolute atomic E-state index is 0.179. The average molecular weight is 236 g/mol. The summed E-state index contributed by atoms with van der Waals surface area (Å²) in [7, 11) is 0. The second-order valence-electron chi connectivity index (χ2n) is 4.63. The van der Waals surface area contributed by atoms with Crippen molar-refractivity contribution in [3.63, 3.8) is 0 Å². The van der Waals surface area contributed by atoms with Gasteiger partial charge in [-0.15, -0.1) is 0 Å². The number of aryl methyl sites for hydroxylation is 1. The van der Waals surface area contributed by atoms with Gasteiger partial charge in [-0.3, -0.25) is 4.90 Å². The van der Waals surface area contributed by atoms with Gasteiger partial charge in [0.25, 0.3) is 0 Å². The summed E-state index contributed by atoms with van der Waals surface area (Å²) in [5, 5.41) is 23.2. The Hall–Kier alpha value is -1.10. The van der Waals surface area contributed by atoms with Crippen molar-refractivity contribution in [2.24, 2.45) is 0 Å². The Morgan fingerprint density at radius 1 is 1.35 bits per heavy atom. The van der Waals surface area contributed by atoms with Gasteiger partial charge in [0, 0.05) is 38.3 Å². The quantitative estimate of drug-likeness (QED) is 0.721. The van der Waals surface area contributed by atoms with Crippen LogP contribution in [0.5, 0.6) is 5.75 Å². The number of benzene rings is 1. The highest BCUT2D eigenvalue weighted by molar-refractivity contribution is 5.37. The lowest BCUT2D eigenvalue weighted by molar-refractivity contribution is 0.103. The van der Waals surface area contributed by atoms with Gasteiger partial charge in [-0.05, 0) is 19.1 Å². The number of rotatable bonds is 3. The number of phenolic OH excluding ortho intramolecular Hbond substituents is 1. The first-order valence-electron chi connectivity index (χ1n) is 6.07. The summed E-state index contributed by atoms with van der Waals surface area (Å²) in [4.78, 5) is 2.21. The maximum Gasteiger partial charge on any atom is 0.121 e. The van der Waals surface area contributed by atoms with Crippen molar-refractivity contribution in [1.29, 1.82) is 0 Å². The molecule has 1 atom stereocenters. The summed E-state index contributed by atoms with van der Waals surface area (Å²) in [5.74, 6) is 0.179. The summed E-state index contributed by atoms with van der Waals surface area (Å²) in [6.07, 6.45) is -0.618. The lowest BCUT2D eigenvalue weighted by Gasteiger charge is -2.29. The van der Waals surface area contributed by atoms with Gasteiger partial charge in [-0.2, -0.15) is 0 Å². The van der Waals surface area contributed by atoms with Crippen molar-refractivity contribution in [2.75, 3.05) is 32.7 Å². The van der Waals surface area contributed by atoms with E-state index in [1.165, 1.54) is 0 Å². The Balaban J connectivity index is 2.02. The van der Waals surface area contributed by atoms with E-state index in [4.69, 9.17) is 0 Å². The van der Waals surface area contributed by atoms with Gasteiger partial charge < -0.3 is 15.5 Å². The molecule has 0 radical (unpaired) electrons. The van der Waals surface area contributed by atoms with Crippen LogP contribution in [0.1, 0.15) is 17.2 Å². The highest BCUT2D eigenvalue weighted by Gasteiger charge is 2.18. The van der Waals surface area contributed by atoms with Gasteiger partial charge in [0.05, 0.1) is 6.10 Å². The van der Waals surface area contributed by atoms with Crippen LogP contribution in [0.2, 0.25) is 0 Å². The van der Waals surface area contributed by atoms with Crippen molar-refractivity contribution < 1.29 is 10.2 Å². The lowest BCUT2D eigenvalue weighted by atomic mass is 10.0. The van der Waals surface area contributed by atoms with Gasteiger partial charge in [0.15, 0.2) is 0 Å². The summed E-state index contributed by atoms with van der Waals surface area (Å²) in [6, 6.07) is 5.34. The van der Waals surface area contributed by atoms with Gasteiger partial charge in [-0.1, -0.05) is 11.6 Å². The average Bonchev–Trinajstić information content (AvgIpc) is 2.33. The first-order valence-corrected chi connectivity index (χ1v) is 6.07. The number of hydrogen-bond donors (Lipinski definition) is 3. The molecule has 0 aliphatic carbocycles. The number of β-amino-alcohol motifs (C(OH)–C–C–N with tert-alkyl or cyclic N) is 1. The Kier molecular flexibility index (Phi) is 3.99. The number of aliphatic hydroxyl groups excluding tert-OH is 1. The molecule has 0 bridgehead atoms. The molecule has 1 saturated heterocycles. The largest absolute Gasteiger partial charge is 0.508 e. The van der Waals surface area contributed by atoms with Gasteiger partial charge in [0.1, 0.15) is 5.75 Å². The second-order valence-corrected chi connectivity index (χ2v) is 4.63. The zero-order chi connectivity index (χ0) is 12.3. The molecule has 94 valence electrons. The third-order valence-corrected chi connectivity index (χ3v) is 3.18. The molecule has 0 aromatic heterocycles. The van der Waals surface area contributed by atoms with Crippen LogP contribution in [-0.2, 0) is 0 Å². The number of nitrogens with one attached hydrogen (secondary N) is 1. The van der Waals surface area contributed by atoms with Crippen molar-refractivity contribution in [3.8, 4) is 5.75 Å². The Morgan fingerprint density at radius 2 is 2.06 bits per heavy atom. The standard InChI is InChI=1S/C13H20N2O2/c1-10-2-3-12(16)11(8-10)13(17)9-15-6-4-14-5-7-15/h2-3,8,13-14,16-17H,4-7,9H2,1H3. The molecule has 2 rings (SSSR count). The summed E-state index contributed by atoms with van der Waals surface area (Å²) >= 11 is 0. The SMILES string of the molecule is Cc1ccc(O)c(C(O)CN2CCNCC2)c1. The highest BCUT2D eigenvalue weighted by atomic mass is 16.3. The number of nitrogens with zero attached hydrogens (tertiary/aromatic N) is 1. The molecule has 0 saturated carbocycles. The first-order chi connectivity index (χ1) is 8.16. The third kappa shape index (κ3) is 3.19. The van der Waals surface area contributed by atoms with E-state index in [1.807, 2.05) is 19.1 Å². The zero-order valence-electron chi connectivity index (χ0n) is 10.2. The summed E-state index contributed by atoms with van der Waals surface area (Å²) in [5.41, 5.74) is 1.68. The number of hydrogen-bond acceptors (Lipinski definition) is 4. The molecule has 1 aromatic carbocycles. The number of piperazine rings is 1. The summed E-state index contributed by atoms with van der Waals surface area (Å²) < 4.78 is 0. The molecule has 1 aliphatic heterocycles. The monoisotopic (exact) mass is 236 g/mol. The fraction of sp³-hybridized carbons (Fsp3) is 0.538. The van der Waals surface area contributed by atoms with Crippen molar-refractivity contribution >= 4 is 0 Å². The van der Waals surface area contributed by atoms with E-state index >= 15 is 0 Å². The molecule has 1 aliphatic rings. The lowest BCUT2D eigenvalue weighted by Crippen LogP contribution is -2.44. The molecule has 1 heterocycles. The normalized spacial score (nSPS) is 19.2. The first kappa shape index (κ1) is 12.4. The number of aliphatic hydroxyl groups is 1. The maximum absolute atomic E-state index is 10.2. The Bertz CT molecular complexity index is 376. The van der Waals surface area contributed by atoms with E-state index in [9.17, 15) is 10.2 Å². The smallest absolute Gasteiger partial charge is 0.121 e. The fourth-order valence-electron chi connectivity index (χ4n) is 2.18. The molecule has 1 aromatic rings. The van der Waals surface area contributed by atoms with Crippen LogP contribution >= 0.6 is 0 Å². The van der Waals surface area contributed by atoms with Gasteiger partial charge in [-0.25, -0.2) is 0 Å². The fourth-order valence-corrected chi connectivity index (χ4v) is 2.18. The highest BCUT2D eigenvalue weighted by Crippen LogP contribution is 2.25. The van der Waals surface area contributed by atoms with Crippen LogP contribution in [-0.4, -0.2) is 47.8 Å². The molecular weight excluding hydrogens is 216 g/mol. The minimum atomic E-state index is -0.618. The Morgan fingerprint density at radius 3 is 2.76 bits per heavy atom. The molecule has 17 heavy (non-hydrogen) atoms. The van der Waals surface area contributed by atoms with E-state index in [1.54, 1.807) is 6.07 Å². The maximum atomic E-state index is 10.2. The van der Waals surface area contributed by atoms with Gasteiger partial charge in [0.2, 0.25) is 0 Å². The van der Waals surface area contributed by atoms with E-state index < -0.39 is 6.10 Å². The van der Waals surface area contributed by atoms with Crippen LogP contribution in [0.3, 0.4) is 0 Å². The van der Waals surface area contributed by atoms with E-state index in [0.29, 0.717) is 12.1 Å². The number of phenols is 1. The topological polar surface area (TPSA) is 55.7 Å². The third-order valence-electron chi connectivity index (χ3n) is 3.18. The molecule has 4 nitrogen and oxygen atoms in total. The second kappa shape index (κ2) is 5.49. The van der Waals surface area contributed by atoms with Crippen molar-refractivity contribution in [1.82, 2.24) is 10.2 Å². The molecule has 3 N–H and O–H groups in total. The van der Waals surface area contributed by atoms with Crippen LogP contribution in [0.15, 0.2) is 18.2 Å². The van der Waals surface area contributed by atoms with E-state index in [0.717, 1.165) is 31.7 Å². The molecule has 1 unspecified atom stereocenters.